The van der Waals surface area contributed by atoms with Crippen LogP contribution in [0.3, 0.4) is 0 Å². The van der Waals surface area contributed by atoms with Gasteiger partial charge < -0.3 is 28.6 Å². The first kappa shape index (κ1) is 37.7. The molecule has 1 amide bonds. The Hall–Kier alpha value is -4.10. The van der Waals surface area contributed by atoms with Gasteiger partial charge in [-0.2, -0.15) is 0 Å². The van der Waals surface area contributed by atoms with Gasteiger partial charge in [0.15, 0.2) is 5.16 Å². The topological polar surface area (TPSA) is 97.6 Å². The summed E-state index contributed by atoms with van der Waals surface area (Å²) in [5.41, 5.74) is 4.03. The molecule has 0 aliphatic carbocycles. The van der Waals surface area contributed by atoms with E-state index in [0.29, 0.717) is 29.9 Å². The van der Waals surface area contributed by atoms with E-state index < -0.39 is 5.79 Å². The molecule has 2 saturated heterocycles. The lowest BCUT2D eigenvalue weighted by Gasteiger charge is -2.37. The number of carbonyl (C=O) groups is 1. The molecule has 2 fully saturated rings. The fraction of sp³-hybridized carbons (Fsp3) is 0.436. The van der Waals surface area contributed by atoms with Crippen molar-refractivity contribution < 1.29 is 19.0 Å². The van der Waals surface area contributed by atoms with Crippen LogP contribution in [0.5, 0.6) is 5.75 Å². The molecule has 4 aromatic rings. The second-order valence-corrected chi connectivity index (χ2v) is 14.7. The van der Waals surface area contributed by atoms with Gasteiger partial charge >= 0.3 is 0 Å². The first-order chi connectivity index (χ1) is 25.2. The summed E-state index contributed by atoms with van der Waals surface area (Å²) in [5, 5.41) is 9.61. The third kappa shape index (κ3) is 9.46. The van der Waals surface area contributed by atoms with Crippen molar-refractivity contribution in [1.29, 1.82) is 0 Å². The molecule has 0 bridgehead atoms. The number of aromatic nitrogens is 3. The van der Waals surface area contributed by atoms with Crippen LogP contribution in [-0.2, 0) is 27.1 Å². The first-order valence-corrected chi connectivity index (χ1v) is 19.3. The van der Waals surface area contributed by atoms with Crippen molar-refractivity contribution >= 4 is 52.7 Å². The highest BCUT2D eigenvalue weighted by atomic mass is 35.5. The van der Waals surface area contributed by atoms with Crippen LogP contribution in [0.1, 0.15) is 39.2 Å². The van der Waals surface area contributed by atoms with Crippen molar-refractivity contribution in [3.8, 4) is 5.75 Å². The fourth-order valence-corrected chi connectivity index (χ4v) is 7.30. The van der Waals surface area contributed by atoms with E-state index in [1.807, 2.05) is 60.1 Å². The Bertz CT molecular complexity index is 1760. The minimum absolute atomic E-state index is 0.0492. The summed E-state index contributed by atoms with van der Waals surface area (Å²) in [4.78, 5) is 23.3. The third-order valence-corrected chi connectivity index (χ3v) is 11.0. The van der Waals surface area contributed by atoms with E-state index in [1.165, 1.54) is 11.8 Å². The molecule has 0 radical (unpaired) electrons. The molecule has 11 nitrogen and oxygen atoms in total. The van der Waals surface area contributed by atoms with Gasteiger partial charge in [-0.1, -0.05) is 55.8 Å². The maximum Gasteiger partial charge on any atom is 0.229 e. The van der Waals surface area contributed by atoms with Crippen LogP contribution in [0.15, 0.2) is 89.3 Å². The van der Waals surface area contributed by atoms with E-state index in [1.54, 1.807) is 24.5 Å². The number of anilines is 3. The van der Waals surface area contributed by atoms with E-state index in [2.05, 4.69) is 63.1 Å². The number of amides is 1. The summed E-state index contributed by atoms with van der Waals surface area (Å²) >= 11 is 7.71. The van der Waals surface area contributed by atoms with Crippen LogP contribution in [0.2, 0.25) is 5.02 Å². The van der Waals surface area contributed by atoms with Gasteiger partial charge in [-0.15, -0.1) is 10.2 Å². The lowest BCUT2D eigenvalue weighted by molar-refractivity contribution is -0.160. The molecule has 0 N–H and O–H groups in total. The summed E-state index contributed by atoms with van der Waals surface area (Å²) in [6.07, 6.45) is 5.25. The molecular formula is C39H48ClN7O4S. The molecular weight excluding hydrogens is 698 g/mol. The minimum atomic E-state index is -0.959. The number of aryl methyl sites for hydroxylation is 1. The lowest BCUT2D eigenvalue weighted by Crippen LogP contribution is -2.46. The highest BCUT2D eigenvalue weighted by molar-refractivity contribution is 7.99. The van der Waals surface area contributed by atoms with E-state index in [0.717, 1.165) is 79.1 Å². The number of piperazine rings is 1. The monoisotopic (exact) mass is 745 g/mol. The number of nitrogens with zero attached hydrogens (tertiary/aromatic N) is 7. The van der Waals surface area contributed by atoms with Gasteiger partial charge in [0.05, 0.1) is 18.7 Å². The van der Waals surface area contributed by atoms with E-state index in [9.17, 15) is 4.79 Å². The molecule has 276 valence electrons. The predicted octanol–water partition coefficient (Wildman–Crippen LogP) is 7.05. The molecule has 6 rings (SSSR count). The van der Waals surface area contributed by atoms with Crippen LogP contribution in [-0.4, -0.2) is 84.8 Å². The number of hydrogen-bond donors (Lipinski definition) is 0. The molecule has 0 saturated carbocycles. The Morgan fingerprint density at radius 1 is 1.06 bits per heavy atom. The molecule has 2 aliphatic heterocycles. The second kappa shape index (κ2) is 17.6. The third-order valence-electron chi connectivity index (χ3n) is 9.60. The van der Waals surface area contributed by atoms with Gasteiger partial charge in [0.2, 0.25) is 11.7 Å². The van der Waals surface area contributed by atoms with Gasteiger partial charge in [0.1, 0.15) is 24.8 Å². The maximum absolute atomic E-state index is 12.3. The van der Waals surface area contributed by atoms with E-state index in [-0.39, 0.29) is 12.0 Å². The molecule has 13 heteroatoms. The van der Waals surface area contributed by atoms with Gasteiger partial charge in [-0.3, -0.25) is 14.7 Å². The van der Waals surface area contributed by atoms with Crippen molar-refractivity contribution in [3.05, 3.63) is 89.7 Å². The fourth-order valence-electron chi connectivity index (χ4n) is 6.18. The van der Waals surface area contributed by atoms with Gasteiger partial charge in [0.25, 0.3) is 0 Å². The van der Waals surface area contributed by atoms with Crippen LogP contribution in [0.4, 0.5) is 17.1 Å². The lowest BCUT2D eigenvalue weighted by atomic mass is 10.1. The number of carbonyl (C=O) groups excluding carboxylic acids is 1. The quantitative estimate of drug-likeness (QED) is 0.0721. The molecule has 3 heterocycles. The zero-order valence-corrected chi connectivity index (χ0v) is 31.9. The highest BCUT2D eigenvalue weighted by Crippen LogP contribution is 2.39. The van der Waals surface area contributed by atoms with Crippen molar-refractivity contribution in [3.63, 3.8) is 0 Å². The second-order valence-electron chi connectivity index (χ2n) is 13.3. The Kier molecular flexibility index (Phi) is 12.8. The predicted molar refractivity (Wildman–Crippen MR) is 209 cm³/mol. The first-order valence-electron chi connectivity index (χ1n) is 17.9. The highest BCUT2D eigenvalue weighted by Gasteiger charge is 2.44. The molecule has 52 heavy (non-hydrogen) atoms. The Labute approximate surface area is 315 Å². The summed E-state index contributed by atoms with van der Waals surface area (Å²) < 4.78 is 21.0. The largest absolute Gasteiger partial charge is 0.491 e. The van der Waals surface area contributed by atoms with Crippen molar-refractivity contribution in [2.75, 3.05) is 66.4 Å². The molecule has 1 unspecified atom stereocenters. The minimum Gasteiger partial charge on any atom is -0.491 e. The molecule has 3 atom stereocenters. The molecule has 0 spiro atoms. The van der Waals surface area contributed by atoms with Crippen LogP contribution in [0, 0.1) is 5.92 Å². The number of halogens is 1. The Morgan fingerprint density at radius 2 is 1.71 bits per heavy atom. The standard InChI is InChI=1S/C39H48ClN7O4S/c1-5-29(2)18-19-41-27-47(30(3)48)35-12-10-33(11-13-35)45-20-22-46(23-21-45)34-14-16-36(17-15-34)49-24-37-25-50-39(51-37,31-6-8-32(40)9-7-31)26-52-38-43-42-28-44(38)4/h6-17,27-29,37H,5,18-26H2,1-4H3/t29-,37?,39-/m1/s1. The number of ether oxygens (including phenoxy) is 3. The van der Waals surface area contributed by atoms with Crippen LogP contribution >= 0.6 is 23.4 Å². The Balaban J connectivity index is 0.985. The van der Waals surface area contributed by atoms with E-state index >= 15 is 0 Å². The van der Waals surface area contributed by atoms with Crippen LogP contribution < -0.4 is 19.4 Å². The zero-order valence-electron chi connectivity index (χ0n) is 30.4. The van der Waals surface area contributed by atoms with Gasteiger partial charge in [-0.05, 0) is 73.0 Å². The Morgan fingerprint density at radius 3 is 2.31 bits per heavy atom. The van der Waals surface area contributed by atoms with Gasteiger partial charge in [0, 0.05) is 74.3 Å². The summed E-state index contributed by atoms with van der Waals surface area (Å²) in [5.74, 6) is 0.901. The number of thioether (sulfide) groups is 1. The zero-order chi connectivity index (χ0) is 36.5. The summed E-state index contributed by atoms with van der Waals surface area (Å²) in [7, 11) is 1.91. The van der Waals surface area contributed by atoms with Crippen molar-refractivity contribution in [2.24, 2.45) is 18.0 Å². The molecule has 2 aliphatic rings. The SMILES string of the molecule is CC[C@@H](C)CCN=CN(C(C)=O)c1ccc(N2CCN(c3ccc(OCC4CO[C@@](CSc5nncn5C)(c5ccc(Cl)cc5)O4)cc3)CC2)cc1. The number of benzene rings is 3. The van der Waals surface area contributed by atoms with Gasteiger partial charge in [-0.25, -0.2) is 0 Å². The summed E-state index contributed by atoms with van der Waals surface area (Å²) in [6, 6.07) is 24.0. The average Bonchev–Trinajstić information content (AvgIpc) is 3.79. The van der Waals surface area contributed by atoms with Crippen molar-refractivity contribution in [2.45, 2.75) is 50.7 Å². The molecule has 3 aromatic carbocycles. The summed E-state index contributed by atoms with van der Waals surface area (Å²) in [6.45, 7) is 11.1. The number of rotatable bonds is 15. The smallest absolute Gasteiger partial charge is 0.229 e. The van der Waals surface area contributed by atoms with E-state index in [4.69, 9.17) is 25.8 Å². The molecule has 1 aromatic heterocycles. The average molecular weight is 746 g/mol. The number of aliphatic imine (C=N–C) groups is 1. The van der Waals surface area contributed by atoms with Crippen LogP contribution in [0.25, 0.3) is 0 Å². The maximum atomic E-state index is 12.3. The normalized spacial score (nSPS) is 19.7. The number of hydrogen-bond acceptors (Lipinski definition) is 10. The van der Waals surface area contributed by atoms with Crippen molar-refractivity contribution in [1.82, 2.24) is 14.8 Å².